The number of ether oxygens (including phenoxy) is 1. The Hall–Kier alpha value is -1.83. The number of benzene rings is 1. The summed E-state index contributed by atoms with van der Waals surface area (Å²) < 4.78 is 5.45. The fraction of sp³-hybridized carbons (Fsp3) is 0.500. The van der Waals surface area contributed by atoms with Gasteiger partial charge in [-0.15, -0.1) is 0 Å². The van der Waals surface area contributed by atoms with Crippen molar-refractivity contribution in [1.82, 2.24) is 9.88 Å². The number of aryl methyl sites for hydroxylation is 1. The van der Waals surface area contributed by atoms with E-state index in [-0.39, 0.29) is 5.06 Å². The van der Waals surface area contributed by atoms with Crippen LogP contribution in [0.2, 0.25) is 0 Å². The van der Waals surface area contributed by atoms with Crippen molar-refractivity contribution in [2.45, 2.75) is 19.4 Å². The molecule has 0 radical (unpaired) electrons. The zero-order valence-corrected chi connectivity index (χ0v) is 15.5. The van der Waals surface area contributed by atoms with Gasteiger partial charge in [-0.2, -0.15) is 0 Å². The van der Waals surface area contributed by atoms with Gasteiger partial charge in [0, 0.05) is 39.1 Å². The molecule has 0 spiro atoms. The van der Waals surface area contributed by atoms with Crippen LogP contribution in [-0.4, -0.2) is 66.0 Å². The summed E-state index contributed by atoms with van der Waals surface area (Å²) in [6.07, 6.45) is 0.0152. The summed E-state index contributed by atoms with van der Waals surface area (Å²) in [4.78, 5) is 8.88. The van der Waals surface area contributed by atoms with Gasteiger partial charge in [-0.05, 0) is 19.1 Å². The zero-order valence-electron chi connectivity index (χ0n) is 14.7. The number of aromatic hydroxyl groups is 1. The van der Waals surface area contributed by atoms with Crippen molar-refractivity contribution in [2.24, 2.45) is 0 Å². The number of anilines is 1. The Bertz CT molecular complexity index is 679. The summed E-state index contributed by atoms with van der Waals surface area (Å²) in [6, 6.07) is 8.07. The SMILES string of the molecule is COc1ccccc1N1CCN(CC(O)Cc2nc(C)c(O)s2)CC1. The van der Waals surface area contributed by atoms with Gasteiger partial charge >= 0.3 is 0 Å². The summed E-state index contributed by atoms with van der Waals surface area (Å²) in [7, 11) is 1.70. The maximum absolute atomic E-state index is 10.3. The van der Waals surface area contributed by atoms with Crippen LogP contribution in [-0.2, 0) is 6.42 Å². The molecule has 1 aliphatic heterocycles. The Morgan fingerprint density at radius 1 is 1.24 bits per heavy atom. The summed E-state index contributed by atoms with van der Waals surface area (Å²) in [5, 5.41) is 21.0. The van der Waals surface area contributed by atoms with E-state index >= 15 is 0 Å². The summed E-state index contributed by atoms with van der Waals surface area (Å²) >= 11 is 1.25. The molecule has 2 N–H and O–H groups in total. The van der Waals surface area contributed by atoms with Crippen LogP contribution in [0.1, 0.15) is 10.7 Å². The third kappa shape index (κ3) is 4.42. The molecule has 1 fully saturated rings. The van der Waals surface area contributed by atoms with Crippen LogP contribution >= 0.6 is 11.3 Å². The van der Waals surface area contributed by atoms with Crippen LogP contribution in [0.25, 0.3) is 0 Å². The van der Waals surface area contributed by atoms with Gasteiger partial charge in [-0.25, -0.2) is 4.98 Å². The van der Waals surface area contributed by atoms with Crippen LogP contribution in [0.15, 0.2) is 24.3 Å². The number of methoxy groups -OCH3 is 1. The second-order valence-electron chi connectivity index (χ2n) is 6.32. The maximum Gasteiger partial charge on any atom is 0.194 e. The lowest BCUT2D eigenvalue weighted by Crippen LogP contribution is -2.48. The minimum absolute atomic E-state index is 0.243. The lowest BCUT2D eigenvalue weighted by molar-refractivity contribution is 0.109. The molecular formula is C18H25N3O3S. The standard InChI is InChI=1S/C18H25N3O3S/c1-13-18(23)25-17(19-13)11-14(22)12-20-7-9-21(10-8-20)15-5-3-4-6-16(15)24-2/h3-6,14,22-23H,7-12H2,1-2H3. The highest BCUT2D eigenvalue weighted by Gasteiger charge is 2.22. The van der Waals surface area contributed by atoms with E-state index in [2.05, 4.69) is 20.9 Å². The molecule has 136 valence electrons. The predicted octanol–water partition coefficient (Wildman–Crippen LogP) is 1.89. The molecule has 3 rings (SSSR count). The Morgan fingerprint density at radius 2 is 1.96 bits per heavy atom. The number of piperazine rings is 1. The number of hydrogen-bond donors (Lipinski definition) is 2. The zero-order chi connectivity index (χ0) is 17.8. The van der Waals surface area contributed by atoms with Gasteiger partial charge in [0.05, 0.1) is 29.6 Å². The van der Waals surface area contributed by atoms with Crippen molar-refractivity contribution < 1.29 is 14.9 Å². The average molecular weight is 363 g/mol. The number of para-hydroxylation sites is 2. The van der Waals surface area contributed by atoms with Crippen molar-refractivity contribution in [3.05, 3.63) is 35.0 Å². The fourth-order valence-corrected chi connectivity index (χ4v) is 4.03. The van der Waals surface area contributed by atoms with Crippen molar-refractivity contribution in [3.63, 3.8) is 0 Å². The Morgan fingerprint density at radius 3 is 2.60 bits per heavy atom. The highest BCUT2D eigenvalue weighted by molar-refractivity contribution is 7.13. The molecule has 2 heterocycles. The molecular weight excluding hydrogens is 338 g/mol. The summed E-state index contributed by atoms with van der Waals surface area (Å²) in [5.41, 5.74) is 1.76. The van der Waals surface area contributed by atoms with Crippen LogP contribution in [0.3, 0.4) is 0 Å². The third-order valence-electron chi connectivity index (χ3n) is 4.49. The smallest absolute Gasteiger partial charge is 0.194 e. The fourth-order valence-electron chi connectivity index (χ4n) is 3.16. The van der Waals surface area contributed by atoms with Gasteiger partial charge in [0.15, 0.2) is 5.06 Å². The highest BCUT2D eigenvalue weighted by Crippen LogP contribution is 2.28. The number of thiazole rings is 1. The van der Waals surface area contributed by atoms with Crippen LogP contribution in [0.5, 0.6) is 10.8 Å². The molecule has 1 aliphatic rings. The van der Waals surface area contributed by atoms with Gasteiger partial charge in [0.25, 0.3) is 0 Å². The van der Waals surface area contributed by atoms with Crippen LogP contribution in [0, 0.1) is 6.92 Å². The molecule has 1 unspecified atom stereocenters. The second kappa shape index (κ2) is 8.03. The number of aliphatic hydroxyl groups is 1. The first kappa shape index (κ1) is 18.0. The Balaban J connectivity index is 1.50. The summed E-state index contributed by atoms with van der Waals surface area (Å²) in [5.74, 6) is 0.898. The summed E-state index contributed by atoms with van der Waals surface area (Å²) in [6.45, 7) is 6.01. The third-order valence-corrected chi connectivity index (χ3v) is 5.48. The number of aromatic nitrogens is 1. The van der Waals surface area contributed by atoms with Gasteiger partial charge in [0.1, 0.15) is 5.75 Å². The number of hydrogen-bond acceptors (Lipinski definition) is 7. The highest BCUT2D eigenvalue weighted by atomic mass is 32.1. The lowest BCUT2D eigenvalue weighted by Gasteiger charge is -2.37. The monoisotopic (exact) mass is 363 g/mol. The molecule has 0 bridgehead atoms. The van der Waals surface area contributed by atoms with E-state index in [0.29, 0.717) is 18.7 Å². The lowest BCUT2D eigenvalue weighted by atomic mass is 10.2. The van der Waals surface area contributed by atoms with Gasteiger partial charge < -0.3 is 19.8 Å². The molecule has 2 aromatic rings. The molecule has 25 heavy (non-hydrogen) atoms. The Labute approximate surface area is 152 Å². The molecule has 1 saturated heterocycles. The van der Waals surface area contributed by atoms with Crippen molar-refractivity contribution in [2.75, 3.05) is 44.7 Å². The van der Waals surface area contributed by atoms with Crippen molar-refractivity contribution in [3.8, 4) is 10.8 Å². The Kier molecular flexibility index (Phi) is 5.78. The van der Waals surface area contributed by atoms with E-state index in [1.807, 2.05) is 18.2 Å². The first-order chi connectivity index (χ1) is 12.1. The van der Waals surface area contributed by atoms with E-state index in [4.69, 9.17) is 4.74 Å². The molecule has 0 saturated carbocycles. The molecule has 0 aliphatic carbocycles. The quantitative estimate of drug-likeness (QED) is 0.817. The van der Waals surface area contributed by atoms with Gasteiger partial charge in [0.2, 0.25) is 0 Å². The van der Waals surface area contributed by atoms with E-state index in [0.717, 1.165) is 42.6 Å². The molecule has 1 aromatic heterocycles. The predicted molar refractivity (Wildman–Crippen MR) is 99.9 cm³/mol. The van der Waals surface area contributed by atoms with Crippen LogP contribution in [0.4, 0.5) is 5.69 Å². The van der Waals surface area contributed by atoms with E-state index in [1.54, 1.807) is 14.0 Å². The normalized spacial score (nSPS) is 16.8. The van der Waals surface area contributed by atoms with Crippen LogP contribution < -0.4 is 9.64 Å². The van der Waals surface area contributed by atoms with E-state index < -0.39 is 6.10 Å². The van der Waals surface area contributed by atoms with E-state index in [1.165, 1.54) is 11.3 Å². The average Bonchev–Trinajstić information content (AvgIpc) is 2.92. The minimum Gasteiger partial charge on any atom is -0.498 e. The van der Waals surface area contributed by atoms with Gasteiger partial charge in [-0.3, -0.25) is 4.90 Å². The molecule has 0 amide bonds. The van der Waals surface area contributed by atoms with Crippen molar-refractivity contribution >= 4 is 17.0 Å². The van der Waals surface area contributed by atoms with E-state index in [9.17, 15) is 10.2 Å². The van der Waals surface area contributed by atoms with Gasteiger partial charge in [-0.1, -0.05) is 23.5 Å². The second-order valence-corrected chi connectivity index (χ2v) is 7.38. The number of aliphatic hydroxyl groups excluding tert-OH is 1. The number of nitrogens with zero attached hydrogens (tertiary/aromatic N) is 3. The number of rotatable bonds is 6. The molecule has 1 aromatic carbocycles. The largest absolute Gasteiger partial charge is 0.498 e. The molecule has 6 nitrogen and oxygen atoms in total. The molecule has 1 atom stereocenters. The first-order valence-electron chi connectivity index (χ1n) is 8.50. The maximum atomic E-state index is 10.3. The minimum atomic E-state index is -0.470. The first-order valence-corrected chi connectivity index (χ1v) is 9.32. The van der Waals surface area contributed by atoms with Crippen molar-refractivity contribution in [1.29, 1.82) is 0 Å². The molecule has 7 heteroatoms. The topological polar surface area (TPSA) is 69.1 Å². The number of β-amino-alcohol motifs (C(OH)–C–C–N with tert-alkyl or cyclic N) is 1.